The van der Waals surface area contributed by atoms with Crippen molar-refractivity contribution in [3.8, 4) is 0 Å². The molecule has 112 valence electrons. The molecule has 3 aromatic rings. The molecule has 0 radical (unpaired) electrons. The Morgan fingerprint density at radius 2 is 2.27 bits per heavy atom. The third-order valence-corrected chi connectivity index (χ3v) is 2.96. The minimum absolute atomic E-state index is 0.0114. The predicted molar refractivity (Wildman–Crippen MR) is 72.5 cm³/mol. The number of nitro groups is 1. The molecule has 0 aliphatic carbocycles. The number of halogens is 1. The molecule has 22 heavy (non-hydrogen) atoms. The average molecular weight is 304 g/mol. The van der Waals surface area contributed by atoms with Gasteiger partial charge in [-0.2, -0.15) is 0 Å². The van der Waals surface area contributed by atoms with E-state index in [0.717, 1.165) is 6.20 Å². The fourth-order valence-corrected chi connectivity index (χ4v) is 1.96. The highest BCUT2D eigenvalue weighted by Gasteiger charge is 2.21. The summed E-state index contributed by atoms with van der Waals surface area (Å²) in [6.45, 7) is 0.0114. The lowest BCUT2D eigenvalue weighted by Gasteiger charge is -2.00. The highest BCUT2D eigenvalue weighted by atomic mass is 19.1. The van der Waals surface area contributed by atoms with Gasteiger partial charge < -0.3 is 20.4 Å². The zero-order valence-electron chi connectivity index (χ0n) is 11.0. The fourth-order valence-electron chi connectivity index (χ4n) is 1.96. The van der Waals surface area contributed by atoms with E-state index in [-0.39, 0.29) is 12.1 Å². The summed E-state index contributed by atoms with van der Waals surface area (Å²) in [6.07, 6.45) is 1.07. The zero-order valence-corrected chi connectivity index (χ0v) is 11.0. The summed E-state index contributed by atoms with van der Waals surface area (Å²) in [6, 6.07) is 4.07. The fraction of sp³-hybridized carbons (Fsp3) is 0.0833. The molecule has 0 spiro atoms. The first-order chi connectivity index (χ1) is 10.5. The molecule has 0 aliphatic rings. The van der Waals surface area contributed by atoms with Crippen LogP contribution in [0.1, 0.15) is 16.2 Å². The quantitative estimate of drug-likeness (QED) is 0.493. The minimum Gasteiger partial charge on any atom is -0.358 e. The van der Waals surface area contributed by atoms with Gasteiger partial charge in [0.1, 0.15) is 11.6 Å². The van der Waals surface area contributed by atoms with Crippen molar-refractivity contribution in [3.63, 3.8) is 0 Å². The summed E-state index contributed by atoms with van der Waals surface area (Å²) in [7, 11) is 0. The van der Waals surface area contributed by atoms with E-state index in [1.54, 1.807) is 0 Å². The molecule has 0 fully saturated rings. The van der Waals surface area contributed by atoms with Gasteiger partial charge in [0, 0.05) is 0 Å². The van der Waals surface area contributed by atoms with Crippen LogP contribution in [0, 0.1) is 15.9 Å². The Balaban J connectivity index is 1.74. The predicted octanol–water partition coefficient (Wildman–Crippen LogP) is 1.26. The van der Waals surface area contributed by atoms with Crippen LogP contribution in [0.4, 0.5) is 10.2 Å². The largest absolute Gasteiger partial charge is 0.358 e. The van der Waals surface area contributed by atoms with Gasteiger partial charge in [0.2, 0.25) is 0 Å². The van der Waals surface area contributed by atoms with Gasteiger partial charge in [-0.1, -0.05) is 5.10 Å². The van der Waals surface area contributed by atoms with Gasteiger partial charge in [-0.15, -0.1) is 5.10 Å². The van der Waals surface area contributed by atoms with Gasteiger partial charge >= 0.3 is 5.82 Å². The number of nitrogens with zero attached hydrogens (tertiary/aromatic N) is 3. The van der Waals surface area contributed by atoms with Gasteiger partial charge in [0.25, 0.3) is 5.91 Å². The van der Waals surface area contributed by atoms with Crippen molar-refractivity contribution in [2.75, 3.05) is 0 Å². The molecule has 2 aromatic heterocycles. The van der Waals surface area contributed by atoms with Crippen LogP contribution < -0.4 is 5.32 Å². The van der Waals surface area contributed by atoms with E-state index < -0.39 is 22.5 Å². The monoisotopic (exact) mass is 304 g/mol. The number of hydrogen-bond acceptors (Lipinski definition) is 5. The minimum atomic E-state index is -0.730. The smallest absolute Gasteiger partial charge is 0.355 e. The number of aromatic nitrogens is 4. The van der Waals surface area contributed by atoms with Gasteiger partial charge in [0.05, 0.1) is 23.8 Å². The van der Waals surface area contributed by atoms with E-state index in [9.17, 15) is 19.3 Å². The number of imidazole rings is 1. The molecule has 1 aromatic carbocycles. The van der Waals surface area contributed by atoms with Crippen LogP contribution in [0.2, 0.25) is 0 Å². The topological polar surface area (TPSA) is 130 Å². The van der Waals surface area contributed by atoms with E-state index in [1.807, 2.05) is 0 Å². The molecule has 0 aliphatic heterocycles. The number of benzene rings is 1. The van der Waals surface area contributed by atoms with Gasteiger partial charge in [0.15, 0.2) is 5.56 Å². The Morgan fingerprint density at radius 3 is 3.05 bits per heavy atom. The summed E-state index contributed by atoms with van der Waals surface area (Å²) in [5.74, 6) is -1.14. The van der Waals surface area contributed by atoms with Crippen molar-refractivity contribution in [2.45, 2.75) is 6.54 Å². The SMILES string of the molecule is O=C(NCc1nc2ccc(F)cc2[nH]1)c1cn[nH]c1[N+](=O)[O-]. The van der Waals surface area contributed by atoms with E-state index in [0.29, 0.717) is 16.9 Å². The second-order valence-corrected chi connectivity index (χ2v) is 4.42. The van der Waals surface area contributed by atoms with Crippen molar-refractivity contribution in [1.29, 1.82) is 0 Å². The van der Waals surface area contributed by atoms with E-state index in [1.165, 1.54) is 18.2 Å². The summed E-state index contributed by atoms with van der Waals surface area (Å²) in [4.78, 5) is 28.9. The van der Waals surface area contributed by atoms with Gasteiger partial charge in [-0.05, 0) is 23.1 Å². The second-order valence-electron chi connectivity index (χ2n) is 4.42. The molecule has 2 heterocycles. The molecule has 0 unspecified atom stereocenters. The number of rotatable bonds is 4. The number of carbonyl (C=O) groups excluding carboxylic acids is 1. The highest BCUT2D eigenvalue weighted by molar-refractivity contribution is 5.97. The third-order valence-electron chi connectivity index (χ3n) is 2.96. The van der Waals surface area contributed by atoms with Crippen molar-refractivity contribution in [1.82, 2.24) is 25.5 Å². The van der Waals surface area contributed by atoms with E-state index >= 15 is 0 Å². The molecule has 9 nitrogen and oxygen atoms in total. The summed E-state index contributed by atoms with van der Waals surface area (Å²) in [5, 5.41) is 18.8. The van der Waals surface area contributed by atoms with Crippen LogP contribution in [0.15, 0.2) is 24.4 Å². The maximum absolute atomic E-state index is 13.1. The maximum atomic E-state index is 13.1. The number of carbonyl (C=O) groups is 1. The summed E-state index contributed by atoms with van der Waals surface area (Å²) >= 11 is 0. The second kappa shape index (κ2) is 5.24. The van der Waals surface area contributed by atoms with Crippen LogP contribution in [0.3, 0.4) is 0 Å². The number of amides is 1. The van der Waals surface area contributed by atoms with Gasteiger partial charge in [-0.25, -0.2) is 9.37 Å². The first-order valence-corrected chi connectivity index (χ1v) is 6.14. The molecule has 0 atom stereocenters. The molecule has 1 amide bonds. The molecular formula is C12H9FN6O3. The van der Waals surface area contributed by atoms with Crippen molar-refractivity contribution in [2.24, 2.45) is 0 Å². The number of H-pyrrole nitrogens is 2. The molecule has 0 bridgehead atoms. The summed E-state index contributed by atoms with van der Waals surface area (Å²) < 4.78 is 13.1. The molecular weight excluding hydrogens is 295 g/mol. The number of aromatic amines is 2. The average Bonchev–Trinajstić information content (AvgIpc) is 3.10. The van der Waals surface area contributed by atoms with Crippen LogP contribution in [-0.4, -0.2) is 31.0 Å². The number of fused-ring (bicyclic) bond motifs is 1. The van der Waals surface area contributed by atoms with Crippen molar-refractivity contribution in [3.05, 3.63) is 51.7 Å². The van der Waals surface area contributed by atoms with E-state index in [2.05, 4.69) is 25.5 Å². The Labute approximate surface area is 121 Å². The first kappa shape index (κ1) is 13.7. The molecule has 0 saturated heterocycles. The number of hydrogen-bond donors (Lipinski definition) is 3. The van der Waals surface area contributed by atoms with Crippen molar-refractivity contribution < 1.29 is 14.1 Å². The van der Waals surface area contributed by atoms with Crippen LogP contribution in [-0.2, 0) is 6.54 Å². The normalized spacial score (nSPS) is 10.8. The Kier molecular flexibility index (Phi) is 3.26. The lowest BCUT2D eigenvalue weighted by Crippen LogP contribution is -2.23. The van der Waals surface area contributed by atoms with Crippen molar-refractivity contribution >= 4 is 22.8 Å². The standard InChI is InChI=1S/C12H9FN6O3/c13-6-1-2-8-9(3-6)17-10(16-8)5-14-12(20)7-4-15-18-11(7)19(21)22/h1-4H,5H2,(H,14,20)(H,15,18)(H,16,17). The van der Waals surface area contributed by atoms with E-state index in [4.69, 9.17) is 0 Å². The maximum Gasteiger partial charge on any atom is 0.355 e. The lowest BCUT2D eigenvalue weighted by atomic mass is 10.3. The third kappa shape index (κ3) is 2.49. The summed E-state index contributed by atoms with van der Waals surface area (Å²) in [5.41, 5.74) is 0.880. The molecule has 3 N–H and O–H groups in total. The Hall–Kier alpha value is -3.30. The lowest BCUT2D eigenvalue weighted by molar-refractivity contribution is -0.389. The molecule has 0 saturated carbocycles. The van der Waals surface area contributed by atoms with Crippen LogP contribution in [0.5, 0.6) is 0 Å². The molecule has 10 heteroatoms. The number of nitrogens with one attached hydrogen (secondary N) is 3. The first-order valence-electron chi connectivity index (χ1n) is 6.14. The Morgan fingerprint density at radius 1 is 1.45 bits per heavy atom. The van der Waals surface area contributed by atoms with Crippen LogP contribution in [0.25, 0.3) is 11.0 Å². The van der Waals surface area contributed by atoms with Crippen LogP contribution >= 0.6 is 0 Å². The zero-order chi connectivity index (χ0) is 15.7. The Bertz CT molecular complexity index is 871. The molecule has 3 rings (SSSR count). The van der Waals surface area contributed by atoms with Gasteiger partial charge in [-0.3, -0.25) is 4.79 Å². The highest BCUT2D eigenvalue weighted by Crippen LogP contribution is 2.15.